The Hall–Kier alpha value is -0.830. The van der Waals surface area contributed by atoms with Crippen molar-refractivity contribution in [1.29, 1.82) is 4.78 Å². The van der Waals surface area contributed by atoms with Crippen molar-refractivity contribution in [2.45, 2.75) is 11.8 Å². The predicted molar refractivity (Wildman–Crippen MR) is 46.2 cm³/mol. The first-order valence-electron chi connectivity index (χ1n) is 3.30. The van der Waals surface area contributed by atoms with Crippen LogP contribution in [0.3, 0.4) is 0 Å². The quantitative estimate of drug-likeness (QED) is 0.686. The van der Waals surface area contributed by atoms with Gasteiger partial charge >= 0.3 is 0 Å². The summed E-state index contributed by atoms with van der Waals surface area (Å²) in [6, 6.07) is 7.26. The van der Waals surface area contributed by atoms with Crippen LogP contribution in [0.15, 0.2) is 29.2 Å². The van der Waals surface area contributed by atoms with Crippen LogP contribution in [-0.4, -0.2) is 10.5 Å². The topological polar surface area (TPSA) is 40.9 Å². The van der Waals surface area contributed by atoms with Crippen LogP contribution in [-0.2, 0) is 9.73 Å². The standard InChI is InChI=1S/C8H11NOS/c1-7-4-3-5-8(6-7)11(2,9)10/h3-6,9H,1-2H3. The maximum absolute atomic E-state index is 11.2. The van der Waals surface area contributed by atoms with Crippen molar-refractivity contribution in [3.05, 3.63) is 29.8 Å². The predicted octanol–water partition coefficient (Wildman–Crippen LogP) is 2.03. The zero-order valence-electron chi connectivity index (χ0n) is 6.63. The summed E-state index contributed by atoms with van der Waals surface area (Å²) in [7, 11) is -2.53. The Morgan fingerprint density at radius 3 is 2.45 bits per heavy atom. The summed E-state index contributed by atoms with van der Waals surface area (Å²) >= 11 is 0. The maximum atomic E-state index is 11.2. The molecule has 1 aromatic rings. The molecule has 3 heteroatoms. The molecule has 0 aliphatic rings. The number of aryl methyl sites for hydroxylation is 1. The van der Waals surface area contributed by atoms with Gasteiger partial charge in [-0.2, -0.15) is 0 Å². The summed E-state index contributed by atoms with van der Waals surface area (Å²) in [5.41, 5.74) is 1.05. The fourth-order valence-electron chi connectivity index (χ4n) is 0.858. The van der Waals surface area contributed by atoms with Crippen LogP contribution in [0.4, 0.5) is 0 Å². The molecule has 0 saturated heterocycles. The fourth-order valence-corrected chi connectivity index (χ4v) is 1.61. The van der Waals surface area contributed by atoms with Gasteiger partial charge in [0.25, 0.3) is 0 Å². The van der Waals surface area contributed by atoms with E-state index in [1.165, 1.54) is 6.26 Å². The lowest BCUT2D eigenvalue weighted by atomic mass is 10.2. The molecule has 1 aromatic carbocycles. The Labute approximate surface area is 67.2 Å². The lowest BCUT2D eigenvalue weighted by Gasteiger charge is -2.00. The van der Waals surface area contributed by atoms with Crippen LogP contribution in [0.2, 0.25) is 0 Å². The average molecular weight is 169 g/mol. The molecule has 0 aliphatic heterocycles. The number of hydrogen-bond donors (Lipinski definition) is 1. The second kappa shape index (κ2) is 2.66. The van der Waals surface area contributed by atoms with Gasteiger partial charge < -0.3 is 0 Å². The molecule has 1 unspecified atom stereocenters. The molecule has 0 heterocycles. The third-order valence-electron chi connectivity index (χ3n) is 1.44. The molecule has 0 radical (unpaired) electrons. The molecular weight excluding hydrogens is 158 g/mol. The van der Waals surface area contributed by atoms with E-state index >= 15 is 0 Å². The first kappa shape index (κ1) is 8.27. The summed E-state index contributed by atoms with van der Waals surface area (Å²) in [6.45, 7) is 1.93. The van der Waals surface area contributed by atoms with Gasteiger partial charge in [0.15, 0.2) is 0 Å². The van der Waals surface area contributed by atoms with E-state index in [9.17, 15) is 4.21 Å². The Morgan fingerprint density at radius 1 is 1.45 bits per heavy atom. The molecule has 11 heavy (non-hydrogen) atoms. The Morgan fingerprint density at radius 2 is 2.09 bits per heavy atom. The lowest BCUT2D eigenvalue weighted by Crippen LogP contribution is -1.94. The maximum Gasteiger partial charge on any atom is 0.0696 e. The molecule has 2 nitrogen and oxygen atoms in total. The van der Waals surface area contributed by atoms with E-state index in [0.29, 0.717) is 4.90 Å². The Kier molecular flexibility index (Phi) is 2.00. The van der Waals surface area contributed by atoms with Gasteiger partial charge in [-0.05, 0) is 24.6 Å². The molecule has 60 valence electrons. The third-order valence-corrected chi connectivity index (χ3v) is 2.59. The summed E-state index contributed by atoms with van der Waals surface area (Å²) in [6.07, 6.45) is 1.43. The van der Waals surface area contributed by atoms with Crippen LogP contribution in [0, 0.1) is 11.7 Å². The second-order valence-electron chi connectivity index (χ2n) is 2.66. The van der Waals surface area contributed by atoms with Gasteiger partial charge in [0.1, 0.15) is 0 Å². The number of benzene rings is 1. The van der Waals surface area contributed by atoms with Gasteiger partial charge in [-0.1, -0.05) is 12.1 Å². The van der Waals surface area contributed by atoms with Crippen LogP contribution in [0.1, 0.15) is 5.56 Å². The first-order chi connectivity index (χ1) is 5.00. The minimum atomic E-state index is -2.53. The highest BCUT2D eigenvalue weighted by Gasteiger charge is 2.00. The van der Waals surface area contributed by atoms with Gasteiger partial charge in [0.05, 0.1) is 9.73 Å². The molecule has 1 N–H and O–H groups in total. The van der Waals surface area contributed by atoms with Crippen LogP contribution >= 0.6 is 0 Å². The smallest absolute Gasteiger partial charge is 0.0696 e. The third kappa shape index (κ3) is 2.05. The molecular formula is C8H11NOS. The SMILES string of the molecule is Cc1cccc(S(C)(=N)=O)c1. The van der Waals surface area contributed by atoms with Crippen LogP contribution < -0.4 is 0 Å². The molecule has 0 aliphatic carbocycles. The average Bonchev–Trinajstić information content (AvgIpc) is 1.86. The van der Waals surface area contributed by atoms with Gasteiger partial charge in [0.2, 0.25) is 0 Å². The van der Waals surface area contributed by atoms with E-state index in [0.717, 1.165) is 5.56 Å². The number of hydrogen-bond acceptors (Lipinski definition) is 2. The lowest BCUT2D eigenvalue weighted by molar-refractivity contribution is 0.679. The minimum Gasteiger partial charge on any atom is -0.249 e. The molecule has 0 aromatic heterocycles. The normalized spacial score (nSPS) is 15.8. The fraction of sp³-hybridized carbons (Fsp3) is 0.250. The van der Waals surface area contributed by atoms with E-state index in [4.69, 9.17) is 4.78 Å². The van der Waals surface area contributed by atoms with Crippen molar-refractivity contribution in [3.63, 3.8) is 0 Å². The first-order valence-corrected chi connectivity index (χ1v) is 5.27. The van der Waals surface area contributed by atoms with Crippen molar-refractivity contribution in [2.24, 2.45) is 0 Å². The van der Waals surface area contributed by atoms with Gasteiger partial charge in [-0.15, -0.1) is 0 Å². The highest BCUT2D eigenvalue weighted by Crippen LogP contribution is 2.10. The number of rotatable bonds is 1. The molecule has 0 fully saturated rings. The molecule has 0 saturated carbocycles. The van der Waals surface area contributed by atoms with Gasteiger partial charge in [-0.3, -0.25) is 0 Å². The van der Waals surface area contributed by atoms with Crippen LogP contribution in [0.5, 0.6) is 0 Å². The van der Waals surface area contributed by atoms with Gasteiger partial charge in [0, 0.05) is 11.2 Å². The summed E-state index contributed by atoms with van der Waals surface area (Å²) in [4.78, 5) is 0.609. The molecule has 1 rings (SSSR count). The molecule has 0 amide bonds. The largest absolute Gasteiger partial charge is 0.249 e. The van der Waals surface area contributed by atoms with E-state index in [-0.39, 0.29) is 0 Å². The summed E-state index contributed by atoms with van der Waals surface area (Å²) in [5, 5.41) is 0. The van der Waals surface area contributed by atoms with Crippen molar-refractivity contribution < 1.29 is 4.21 Å². The van der Waals surface area contributed by atoms with Crippen molar-refractivity contribution in [2.75, 3.05) is 6.26 Å². The second-order valence-corrected chi connectivity index (χ2v) is 4.82. The van der Waals surface area contributed by atoms with Crippen LogP contribution in [0.25, 0.3) is 0 Å². The van der Waals surface area contributed by atoms with E-state index < -0.39 is 9.73 Å². The zero-order valence-corrected chi connectivity index (χ0v) is 7.44. The molecule has 1 atom stereocenters. The van der Waals surface area contributed by atoms with Crippen molar-refractivity contribution in [3.8, 4) is 0 Å². The minimum absolute atomic E-state index is 0.609. The molecule has 0 spiro atoms. The zero-order chi connectivity index (χ0) is 8.48. The highest BCUT2D eigenvalue weighted by molar-refractivity contribution is 7.91. The highest BCUT2D eigenvalue weighted by atomic mass is 32.2. The van der Waals surface area contributed by atoms with Crippen molar-refractivity contribution >= 4 is 9.73 Å². The number of nitrogens with one attached hydrogen (secondary N) is 1. The molecule has 0 bridgehead atoms. The summed E-state index contributed by atoms with van der Waals surface area (Å²) in [5.74, 6) is 0. The van der Waals surface area contributed by atoms with E-state index in [1.807, 2.05) is 19.1 Å². The summed E-state index contributed by atoms with van der Waals surface area (Å²) < 4.78 is 18.5. The Bertz CT molecular complexity index is 354. The Balaban J connectivity index is 3.28. The van der Waals surface area contributed by atoms with E-state index in [1.54, 1.807) is 12.1 Å². The van der Waals surface area contributed by atoms with Crippen molar-refractivity contribution in [1.82, 2.24) is 0 Å². The van der Waals surface area contributed by atoms with E-state index in [2.05, 4.69) is 0 Å². The monoisotopic (exact) mass is 169 g/mol. The van der Waals surface area contributed by atoms with Gasteiger partial charge in [-0.25, -0.2) is 8.99 Å².